The molecule has 0 atom stereocenters. The highest BCUT2D eigenvalue weighted by atomic mass is 16.5. The molecule has 0 saturated heterocycles. The number of carbonyl (C=O) groups excluding carboxylic acids is 1. The van der Waals surface area contributed by atoms with Gasteiger partial charge in [0.1, 0.15) is 5.75 Å². The fraction of sp³-hybridized carbons (Fsp3) is 0.417. The van der Waals surface area contributed by atoms with Crippen molar-refractivity contribution >= 4 is 11.6 Å². The molecule has 0 aliphatic heterocycles. The van der Waals surface area contributed by atoms with Crippen LogP contribution in [0, 0.1) is 13.8 Å². The van der Waals surface area contributed by atoms with Gasteiger partial charge in [-0.2, -0.15) is 0 Å². The van der Waals surface area contributed by atoms with Crippen LogP contribution in [0.25, 0.3) is 0 Å². The number of benzene rings is 1. The third-order valence-electron chi connectivity index (χ3n) is 2.35. The molecule has 4 heteroatoms. The summed E-state index contributed by atoms with van der Waals surface area (Å²) in [4.78, 5) is 11.4. The van der Waals surface area contributed by atoms with Crippen LogP contribution in [0.15, 0.2) is 12.1 Å². The summed E-state index contributed by atoms with van der Waals surface area (Å²) >= 11 is 0. The van der Waals surface area contributed by atoms with Crippen molar-refractivity contribution in [1.29, 1.82) is 0 Å². The molecule has 0 fully saturated rings. The number of ether oxygens (including phenoxy) is 1. The summed E-state index contributed by atoms with van der Waals surface area (Å²) in [5.41, 5.74) is 2.83. The van der Waals surface area contributed by atoms with Gasteiger partial charge in [-0.3, -0.25) is 4.79 Å². The zero-order valence-corrected chi connectivity index (χ0v) is 10.2. The lowest BCUT2D eigenvalue weighted by atomic mass is 10.1. The molecule has 1 amide bonds. The number of carbonyl (C=O) groups is 1. The molecular weight excluding hydrogens is 204 g/mol. The van der Waals surface area contributed by atoms with Gasteiger partial charge in [0.05, 0.1) is 13.7 Å². The van der Waals surface area contributed by atoms with Gasteiger partial charge < -0.3 is 15.4 Å². The molecule has 0 aromatic heterocycles. The van der Waals surface area contributed by atoms with E-state index in [4.69, 9.17) is 4.74 Å². The first-order chi connectivity index (χ1) is 7.58. The first-order valence-electron chi connectivity index (χ1n) is 5.18. The summed E-state index contributed by atoms with van der Waals surface area (Å²) in [5, 5.41) is 5.65. The van der Waals surface area contributed by atoms with Crippen molar-refractivity contribution in [2.75, 3.05) is 26.0 Å². The molecule has 0 aliphatic rings. The summed E-state index contributed by atoms with van der Waals surface area (Å²) in [6, 6.07) is 3.84. The molecule has 0 spiro atoms. The Morgan fingerprint density at radius 2 is 2.00 bits per heavy atom. The second-order valence-corrected chi connectivity index (χ2v) is 3.72. The lowest BCUT2D eigenvalue weighted by molar-refractivity contribution is -0.115. The minimum absolute atomic E-state index is 0.0461. The molecule has 0 radical (unpaired) electrons. The van der Waals surface area contributed by atoms with Crippen LogP contribution in [0.4, 0.5) is 5.69 Å². The number of methoxy groups -OCH3 is 1. The molecule has 16 heavy (non-hydrogen) atoms. The van der Waals surface area contributed by atoms with Crippen LogP contribution in [0.5, 0.6) is 5.75 Å². The van der Waals surface area contributed by atoms with Crippen LogP contribution in [0.1, 0.15) is 11.1 Å². The minimum atomic E-state index is -0.0461. The highest BCUT2D eigenvalue weighted by Gasteiger charge is 2.07. The van der Waals surface area contributed by atoms with Gasteiger partial charge in [0.15, 0.2) is 0 Å². The molecular formula is C12H18N2O2. The number of likely N-dealkylation sites (N-methyl/N-ethyl adjacent to an activating group) is 1. The maximum absolute atomic E-state index is 11.4. The summed E-state index contributed by atoms with van der Waals surface area (Å²) < 4.78 is 5.21. The second-order valence-electron chi connectivity index (χ2n) is 3.72. The van der Waals surface area contributed by atoms with Crippen molar-refractivity contribution in [2.45, 2.75) is 13.8 Å². The van der Waals surface area contributed by atoms with Crippen molar-refractivity contribution in [2.24, 2.45) is 0 Å². The summed E-state index contributed by atoms with van der Waals surface area (Å²) in [6.45, 7) is 4.20. The molecule has 0 aliphatic carbocycles. The van der Waals surface area contributed by atoms with Gasteiger partial charge in [0.25, 0.3) is 0 Å². The van der Waals surface area contributed by atoms with Crippen molar-refractivity contribution in [3.05, 3.63) is 23.3 Å². The normalized spacial score (nSPS) is 10.0. The molecule has 1 aromatic rings. The maximum Gasteiger partial charge on any atom is 0.238 e. The standard InChI is InChI=1S/C12H18N2O2/c1-8-6-11(16-4)9(2)5-10(8)14-12(15)7-13-3/h5-6,13H,7H2,1-4H3,(H,14,15). The van der Waals surface area contributed by atoms with E-state index in [1.807, 2.05) is 26.0 Å². The Morgan fingerprint density at radius 3 is 2.56 bits per heavy atom. The second kappa shape index (κ2) is 5.51. The molecule has 0 bridgehead atoms. The van der Waals surface area contributed by atoms with Gasteiger partial charge in [0, 0.05) is 5.69 Å². The Kier molecular flexibility index (Phi) is 4.31. The molecule has 2 N–H and O–H groups in total. The van der Waals surface area contributed by atoms with E-state index >= 15 is 0 Å². The van der Waals surface area contributed by atoms with Gasteiger partial charge in [-0.15, -0.1) is 0 Å². The lowest BCUT2D eigenvalue weighted by Gasteiger charge is -2.12. The Morgan fingerprint density at radius 1 is 1.31 bits per heavy atom. The summed E-state index contributed by atoms with van der Waals surface area (Å²) in [5.74, 6) is 0.791. The third kappa shape index (κ3) is 2.97. The Bertz CT molecular complexity index is 389. The largest absolute Gasteiger partial charge is 0.496 e. The van der Waals surface area contributed by atoms with Crippen molar-refractivity contribution in [3.8, 4) is 5.75 Å². The fourth-order valence-corrected chi connectivity index (χ4v) is 1.50. The number of hydrogen-bond acceptors (Lipinski definition) is 3. The third-order valence-corrected chi connectivity index (χ3v) is 2.35. The first kappa shape index (κ1) is 12.5. The van der Waals surface area contributed by atoms with E-state index in [-0.39, 0.29) is 5.91 Å². The van der Waals surface area contributed by atoms with Gasteiger partial charge in [0.2, 0.25) is 5.91 Å². The van der Waals surface area contributed by atoms with E-state index < -0.39 is 0 Å². The Labute approximate surface area is 96.0 Å². The molecule has 88 valence electrons. The topological polar surface area (TPSA) is 50.4 Å². The average Bonchev–Trinajstić information content (AvgIpc) is 2.23. The van der Waals surface area contributed by atoms with Crippen LogP contribution in [0.2, 0.25) is 0 Å². The van der Waals surface area contributed by atoms with Gasteiger partial charge in [-0.1, -0.05) is 0 Å². The minimum Gasteiger partial charge on any atom is -0.496 e. The molecule has 0 unspecified atom stereocenters. The molecule has 1 aromatic carbocycles. The SMILES string of the molecule is CNCC(=O)Nc1cc(C)c(OC)cc1C. The van der Waals surface area contributed by atoms with Crippen LogP contribution < -0.4 is 15.4 Å². The first-order valence-corrected chi connectivity index (χ1v) is 5.18. The van der Waals surface area contributed by atoms with Crippen molar-refractivity contribution < 1.29 is 9.53 Å². The fourth-order valence-electron chi connectivity index (χ4n) is 1.50. The van der Waals surface area contributed by atoms with E-state index in [9.17, 15) is 4.79 Å². The van der Waals surface area contributed by atoms with E-state index in [0.29, 0.717) is 6.54 Å². The van der Waals surface area contributed by atoms with E-state index in [1.54, 1.807) is 14.2 Å². The maximum atomic E-state index is 11.4. The predicted octanol–water partition coefficient (Wildman–Crippen LogP) is 1.47. The molecule has 4 nitrogen and oxygen atoms in total. The molecule has 0 heterocycles. The van der Waals surface area contributed by atoms with Gasteiger partial charge in [-0.05, 0) is 44.2 Å². The van der Waals surface area contributed by atoms with E-state index in [1.165, 1.54) is 0 Å². The summed E-state index contributed by atoms with van der Waals surface area (Å²) in [7, 11) is 3.38. The van der Waals surface area contributed by atoms with Crippen molar-refractivity contribution in [3.63, 3.8) is 0 Å². The van der Waals surface area contributed by atoms with Crippen LogP contribution in [-0.4, -0.2) is 26.6 Å². The van der Waals surface area contributed by atoms with E-state index in [0.717, 1.165) is 22.6 Å². The molecule has 1 rings (SSSR count). The smallest absolute Gasteiger partial charge is 0.238 e. The summed E-state index contributed by atoms with van der Waals surface area (Å²) in [6.07, 6.45) is 0. The van der Waals surface area contributed by atoms with E-state index in [2.05, 4.69) is 10.6 Å². The number of rotatable bonds is 4. The number of nitrogens with one attached hydrogen (secondary N) is 2. The monoisotopic (exact) mass is 222 g/mol. The highest BCUT2D eigenvalue weighted by molar-refractivity contribution is 5.93. The van der Waals surface area contributed by atoms with Gasteiger partial charge >= 0.3 is 0 Å². The van der Waals surface area contributed by atoms with Gasteiger partial charge in [-0.25, -0.2) is 0 Å². The Balaban J connectivity index is 2.89. The Hall–Kier alpha value is -1.55. The quantitative estimate of drug-likeness (QED) is 0.811. The zero-order valence-electron chi connectivity index (χ0n) is 10.2. The predicted molar refractivity (Wildman–Crippen MR) is 65.0 cm³/mol. The number of anilines is 1. The number of aryl methyl sites for hydroxylation is 2. The molecule has 0 saturated carbocycles. The number of hydrogen-bond donors (Lipinski definition) is 2. The van der Waals surface area contributed by atoms with Crippen LogP contribution >= 0.6 is 0 Å². The van der Waals surface area contributed by atoms with Crippen molar-refractivity contribution in [1.82, 2.24) is 5.32 Å². The highest BCUT2D eigenvalue weighted by Crippen LogP contribution is 2.25. The average molecular weight is 222 g/mol. The van der Waals surface area contributed by atoms with Crippen LogP contribution in [0.3, 0.4) is 0 Å². The number of amides is 1. The zero-order chi connectivity index (χ0) is 12.1. The lowest BCUT2D eigenvalue weighted by Crippen LogP contribution is -2.25. The van der Waals surface area contributed by atoms with Crippen LogP contribution in [-0.2, 0) is 4.79 Å².